The summed E-state index contributed by atoms with van der Waals surface area (Å²) in [6, 6.07) is 14.7. The Hall–Kier alpha value is -2.92. The van der Waals surface area contributed by atoms with Crippen molar-refractivity contribution in [3.8, 4) is 16.8 Å². The van der Waals surface area contributed by atoms with E-state index in [0.29, 0.717) is 27.8 Å². The zero-order valence-electron chi connectivity index (χ0n) is 16.3. The lowest BCUT2D eigenvalue weighted by molar-refractivity contribution is -0.118. The number of nitrogens with zero attached hydrogens (tertiary/aromatic N) is 2. The first kappa shape index (κ1) is 19.8. The van der Waals surface area contributed by atoms with Crippen molar-refractivity contribution < 1.29 is 4.79 Å². The van der Waals surface area contributed by atoms with Gasteiger partial charge in [0.2, 0.25) is 11.3 Å². The van der Waals surface area contributed by atoms with E-state index in [0.717, 1.165) is 11.1 Å². The van der Waals surface area contributed by atoms with Gasteiger partial charge in [-0.1, -0.05) is 55.3 Å². The molecule has 0 saturated carbocycles. The van der Waals surface area contributed by atoms with Crippen LogP contribution in [0.5, 0.6) is 0 Å². The minimum Gasteiger partial charge on any atom is -0.310 e. The Labute approximate surface area is 169 Å². The van der Waals surface area contributed by atoms with Crippen molar-refractivity contribution in [1.82, 2.24) is 9.78 Å². The van der Waals surface area contributed by atoms with Crippen LogP contribution < -0.4 is 10.7 Å². The van der Waals surface area contributed by atoms with Gasteiger partial charge < -0.3 is 5.32 Å². The highest BCUT2D eigenvalue weighted by molar-refractivity contribution is 6.30. The Morgan fingerprint density at radius 3 is 2.21 bits per heavy atom. The van der Waals surface area contributed by atoms with Crippen molar-refractivity contribution in [3.05, 3.63) is 75.0 Å². The van der Waals surface area contributed by atoms with Gasteiger partial charge in [0, 0.05) is 10.9 Å². The predicted molar refractivity (Wildman–Crippen MR) is 113 cm³/mol. The normalized spacial score (nSPS) is 10.9. The summed E-state index contributed by atoms with van der Waals surface area (Å²) in [7, 11) is 0. The van der Waals surface area contributed by atoms with Crippen LogP contribution in [0.15, 0.2) is 53.3 Å². The topological polar surface area (TPSA) is 64.0 Å². The molecule has 0 aliphatic rings. The number of carbonyl (C=O) groups is 1. The van der Waals surface area contributed by atoms with Crippen molar-refractivity contribution in [2.24, 2.45) is 5.92 Å². The maximum atomic E-state index is 13.0. The molecular formula is C22H22ClN3O2. The number of hydrogen-bond donors (Lipinski definition) is 1. The van der Waals surface area contributed by atoms with Gasteiger partial charge in [0.05, 0.1) is 11.3 Å². The fraction of sp³-hybridized carbons (Fsp3) is 0.227. The fourth-order valence-corrected chi connectivity index (χ4v) is 2.90. The molecule has 3 rings (SSSR count). The van der Waals surface area contributed by atoms with Crippen molar-refractivity contribution in [2.45, 2.75) is 27.7 Å². The van der Waals surface area contributed by atoms with Gasteiger partial charge in [-0.2, -0.15) is 5.10 Å². The van der Waals surface area contributed by atoms with Crippen LogP contribution in [0.1, 0.15) is 25.1 Å². The number of benzene rings is 2. The zero-order valence-corrected chi connectivity index (χ0v) is 17.0. The lowest BCUT2D eigenvalue weighted by atomic mass is 10.0. The molecule has 0 spiro atoms. The van der Waals surface area contributed by atoms with E-state index in [-0.39, 0.29) is 17.3 Å². The first-order chi connectivity index (χ1) is 13.3. The monoisotopic (exact) mass is 395 g/mol. The molecule has 3 aromatic rings. The number of carbonyl (C=O) groups excluding carboxylic acids is 1. The van der Waals surface area contributed by atoms with Gasteiger partial charge in [0.15, 0.2) is 0 Å². The third kappa shape index (κ3) is 3.99. The van der Waals surface area contributed by atoms with Crippen LogP contribution in [-0.4, -0.2) is 15.7 Å². The van der Waals surface area contributed by atoms with E-state index in [1.54, 1.807) is 49.7 Å². The average Bonchev–Trinajstić information content (AvgIpc) is 2.66. The summed E-state index contributed by atoms with van der Waals surface area (Å²) in [6.07, 6.45) is 0. The second-order valence-corrected chi connectivity index (χ2v) is 7.47. The number of rotatable bonds is 4. The van der Waals surface area contributed by atoms with Crippen molar-refractivity contribution >= 4 is 23.3 Å². The number of amides is 1. The zero-order chi connectivity index (χ0) is 20.4. The standard InChI is InChI=1S/C22H22ClN3O2/c1-13(2)22(28)24-21-19(16-7-5-14(3)6-8-16)20(27)15(4)25-26(21)18-11-9-17(23)10-12-18/h5-13H,1-4H3,(H,24,28). The van der Waals surface area contributed by atoms with Gasteiger partial charge in [-0.05, 0) is 43.7 Å². The molecule has 0 saturated heterocycles. The van der Waals surface area contributed by atoms with E-state index in [9.17, 15) is 9.59 Å². The molecule has 1 aromatic heterocycles. The summed E-state index contributed by atoms with van der Waals surface area (Å²) in [5.74, 6) is -0.0949. The summed E-state index contributed by atoms with van der Waals surface area (Å²) in [5.41, 5.74) is 3.04. The third-order valence-electron chi connectivity index (χ3n) is 4.43. The van der Waals surface area contributed by atoms with E-state index in [4.69, 9.17) is 11.6 Å². The van der Waals surface area contributed by atoms with Crippen LogP contribution in [0.3, 0.4) is 0 Å². The largest absolute Gasteiger partial charge is 0.310 e. The molecule has 0 unspecified atom stereocenters. The van der Waals surface area contributed by atoms with E-state index in [1.165, 1.54) is 0 Å². The van der Waals surface area contributed by atoms with Crippen molar-refractivity contribution in [2.75, 3.05) is 5.32 Å². The highest BCUT2D eigenvalue weighted by Crippen LogP contribution is 2.28. The molecule has 1 amide bonds. The number of anilines is 1. The Morgan fingerprint density at radius 1 is 1.04 bits per heavy atom. The molecule has 0 bridgehead atoms. The van der Waals surface area contributed by atoms with Crippen LogP contribution >= 0.6 is 11.6 Å². The Kier molecular flexibility index (Phi) is 5.66. The molecule has 5 nitrogen and oxygen atoms in total. The molecule has 0 atom stereocenters. The van der Waals surface area contributed by atoms with E-state index in [2.05, 4.69) is 10.4 Å². The summed E-state index contributed by atoms with van der Waals surface area (Å²) in [4.78, 5) is 25.5. The minimum atomic E-state index is -0.249. The summed E-state index contributed by atoms with van der Waals surface area (Å²) >= 11 is 6.01. The molecule has 0 aliphatic heterocycles. The maximum absolute atomic E-state index is 13.0. The van der Waals surface area contributed by atoms with Crippen molar-refractivity contribution in [3.63, 3.8) is 0 Å². The Morgan fingerprint density at radius 2 is 1.64 bits per heavy atom. The predicted octanol–water partition coefficient (Wildman–Crippen LogP) is 4.76. The van der Waals surface area contributed by atoms with Crippen LogP contribution in [-0.2, 0) is 4.79 Å². The maximum Gasteiger partial charge on any atom is 0.228 e. The molecule has 0 fully saturated rings. The second kappa shape index (κ2) is 7.98. The highest BCUT2D eigenvalue weighted by atomic mass is 35.5. The van der Waals surface area contributed by atoms with Crippen LogP contribution in [0.25, 0.3) is 16.8 Å². The number of hydrogen-bond acceptors (Lipinski definition) is 3. The first-order valence-corrected chi connectivity index (χ1v) is 9.43. The number of halogens is 1. The Bertz CT molecular complexity index is 1070. The molecule has 28 heavy (non-hydrogen) atoms. The molecular weight excluding hydrogens is 374 g/mol. The number of nitrogens with one attached hydrogen (secondary N) is 1. The number of aryl methyl sites for hydroxylation is 2. The lowest BCUT2D eigenvalue weighted by Crippen LogP contribution is -2.26. The quantitative estimate of drug-likeness (QED) is 0.692. The SMILES string of the molecule is Cc1ccc(-c2c(NC(=O)C(C)C)n(-c3ccc(Cl)cc3)nc(C)c2=O)cc1. The van der Waals surface area contributed by atoms with Gasteiger partial charge in [-0.3, -0.25) is 9.59 Å². The smallest absolute Gasteiger partial charge is 0.228 e. The number of aromatic nitrogens is 2. The minimum absolute atomic E-state index is 0.193. The molecule has 144 valence electrons. The second-order valence-electron chi connectivity index (χ2n) is 7.04. The van der Waals surface area contributed by atoms with E-state index >= 15 is 0 Å². The van der Waals surface area contributed by atoms with Crippen molar-refractivity contribution in [1.29, 1.82) is 0 Å². The average molecular weight is 396 g/mol. The van der Waals surface area contributed by atoms with Gasteiger partial charge in [-0.25, -0.2) is 4.68 Å². The molecule has 0 aliphatic carbocycles. The highest BCUT2D eigenvalue weighted by Gasteiger charge is 2.21. The molecule has 1 heterocycles. The van der Waals surface area contributed by atoms with Crippen LogP contribution in [0, 0.1) is 19.8 Å². The summed E-state index contributed by atoms with van der Waals surface area (Å²) < 4.78 is 1.59. The van der Waals surface area contributed by atoms with Gasteiger partial charge in [0.25, 0.3) is 0 Å². The summed E-state index contributed by atoms with van der Waals surface area (Å²) in [5, 5.41) is 7.93. The van der Waals surface area contributed by atoms with Gasteiger partial charge in [0.1, 0.15) is 11.5 Å². The molecule has 6 heteroatoms. The van der Waals surface area contributed by atoms with E-state index < -0.39 is 0 Å². The van der Waals surface area contributed by atoms with Crippen LogP contribution in [0.2, 0.25) is 5.02 Å². The van der Waals surface area contributed by atoms with Crippen LogP contribution in [0.4, 0.5) is 5.82 Å². The third-order valence-corrected chi connectivity index (χ3v) is 4.68. The molecule has 1 N–H and O–H groups in total. The summed E-state index contributed by atoms with van der Waals surface area (Å²) in [6.45, 7) is 7.25. The fourth-order valence-electron chi connectivity index (χ4n) is 2.77. The molecule has 0 radical (unpaired) electrons. The lowest BCUT2D eigenvalue weighted by Gasteiger charge is -2.19. The van der Waals surface area contributed by atoms with Gasteiger partial charge >= 0.3 is 0 Å². The van der Waals surface area contributed by atoms with E-state index in [1.807, 2.05) is 31.2 Å². The van der Waals surface area contributed by atoms with Gasteiger partial charge in [-0.15, -0.1) is 0 Å². The first-order valence-electron chi connectivity index (χ1n) is 9.05. The molecule has 2 aromatic carbocycles. The Balaban J connectivity index is 2.32.